The highest BCUT2D eigenvalue weighted by Crippen LogP contribution is 1.94. The number of carbonyl (C=O) groups is 1. The zero-order valence-corrected chi connectivity index (χ0v) is 6.41. The van der Waals surface area contributed by atoms with E-state index in [4.69, 9.17) is 6.42 Å². The Bertz CT molecular complexity index is 285. The summed E-state index contributed by atoms with van der Waals surface area (Å²) in [5.41, 5.74) is 0.601. The zero-order valence-electron chi connectivity index (χ0n) is 6.41. The normalized spacial score (nSPS) is 8.92. The maximum atomic E-state index is 11.0. The van der Waals surface area contributed by atoms with Crippen molar-refractivity contribution in [3.63, 3.8) is 0 Å². The summed E-state index contributed by atoms with van der Waals surface area (Å²) in [6.07, 6.45) is 6.58. The smallest absolute Gasteiger partial charge is 0.226 e. The number of aromatic nitrogens is 1. The van der Waals surface area contributed by atoms with E-state index >= 15 is 0 Å². The van der Waals surface area contributed by atoms with Crippen LogP contribution in [0.4, 0.5) is 0 Å². The molecule has 0 atom stereocenters. The molecule has 0 saturated carbocycles. The lowest BCUT2D eigenvalue weighted by molar-refractivity contribution is -0.120. The first-order valence-corrected chi connectivity index (χ1v) is 3.42. The van der Waals surface area contributed by atoms with Crippen molar-refractivity contribution in [3.05, 3.63) is 18.0 Å². The van der Waals surface area contributed by atoms with Gasteiger partial charge in [0, 0.05) is 6.07 Å². The summed E-state index contributed by atoms with van der Waals surface area (Å²) in [5.74, 6) is 2.15. The van der Waals surface area contributed by atoms with E-state index in [1.54, 1.807) is 6.07 Å². The fraction of sp³-hybridized carbons (Fsp3) is 0.250. The molecule has 1 N–H and O–H groups in total. The minimum atomic E-state index is -0.151. The number of rotatable bonds is 3. The predicted molar refractivity (Wildman–Crippen MR) is 42.0 cm³/mol. The quantitative estimate of drug-likeness (QED) is 0.638. The molecular weight excluding hydrogens is 156 g/mol. The van der Waals surface area contributed by atoms with Gasteiger partial charge < -0.3 is 9.84 Å². The fourth-order valence-corrected chi connectivity index (χ4v) is 0.705. The first-order chi connectivity index (χ1) is 5.83. The summed E-state index contributed by atoms with van der Waals surface area (Å²) in [4.78, 5) is 11.0. The van der Waals surface area contributed by atoms with Crippen molar-refractivity contribution < 1.29 is 9.32 Å². The van der Waals surface area contributed by atoms with Gasteiger partial charge in [0.2, 0.25) is 5.91 Å². The highest BCUT2D eigenvalue weighted by molar-refractivity contribution is 5.78. The zero-order chi connectivity index (χ0) is 8.81. The maximum Gasteiger partial charge on any atom is 0.226 e. The number of carbonyl (C=O) groups excluding carboxylic acids is 1. The van der Waals surface area contributed by atoms with Gasteiger partial charge in [-0.1, -0.05) is 11.1 Å². The molecule has 62 valence electrons. The van der Waals surface area contributed by atoms with E-state index in [-0.39, 0.29) is 18.9 Å². The first kappa shape index (κ1) is 8.34. The van der Waals surface area contributed by atoms with Crippen LogP contribution in [0.1, 0.15) is 5.69 Å². The lowest BCUT2D eigenvalue weighted by Gasteiger charge is -1.96. The second kappa shape index (κ2) is 4.19. The summed E-state index contributed by atoms with van der Waals surface area (Å²) in [7, 11) is 0. The minimum Gasteiger partial charge on any atom is -0.364 e. The second-order valence-electron chi connectivity index (χ2n) is 2.15. The van der Waals surface area contributed by atoms with E-state index in [1.807, 2.05) is 0 Å². The van der Waals surface area contributed by atoms with Gasteiger partial charge in [-0.2, -0.15) is 0 Å². The van der Waals surface area contributed by atoms with E-state index in [9.17, 15) is 4.79 Å². The summed E-state index contributed by atoms with van der Waals surface area (Å²) < 4.78 is 4.55. The molecule has 0 radical (unpaired) electrons. The molecule has 0 fully saturated rings. The van der Waals surface area contributed by atoms with Crippen LogP contribution < -0.4 is 5.32 Å². The summed E-state index contributed by atoms with van der Waals surface area (Å²) >= 11 is 0. The Labute approximate surface area is 69.9 Å². The van der Waals surface area contributed by atoms with Crippen molar-refractivity contribution >= 4 is 5.91 Å². The maximum absolute atomic E-state index is 11.0. The van der Waals surface area contributed by atoms with Gasteiger partial charge >= 0.3 is 0 Å². The summed E-state index contributed by atoms with van der Waals surface area (Å²) in [6.45, 7) is 0.247. The number of terminal acetylenes is 1. The third kappa shape index (κ3) is 2.46. The number of hydrogen-bond donors (Lipinski definition) is 1. The molecule has 1 amide bonds. The van der Waals surface area contributed by atoms with Crippen molar-refractivity contribution in [1.82, 2.24) is 10.5 Å². The molecule has 1 aromatic heterocycles. The number of nitrogens with one attached hydrogen (secondary N) is 1. The van der Waals surface area contributed by atoms with Crippen LogP contribution >= 0.6 is 0 Å². The Morgan fingerprint density at radius 2 is 2.67 bits per heavy atom. The minimum absolute atomic E-state index is 0.151. The third-order valence-corrected chi connectivity index (χ3v) is 1.22. The van der Waals surface area contributed by atoms with Crippen LogP contribution in [0.15, 0.2) is 16.9 Å². The molecule has 0 unspecified atom stereocenters. The van der Waals surface area contributed by atoms with Crippen LogP contribution in [-0.2, 0) is 11.2 Å². The molecule has 12 heavy (non-hydrogen) atoms. The molecule has 0 aliphatic heterocycles. The Balaban J connectivity index is 2.33. The molecule has 0 saturated heterocycles. The molecule has 1 rings (SSSR count). The molecule has 0 aromatic carbocycles. The lowest BCUT2D eigenvalue weighted by atomic mass is 10.3. The molecule has 1 heterocycles. The van der Waals surface area contributed by atoms with Gasteiger partial charge in [-0.05, 0) is 0 Å². The summed E-state index contributed by atoms with van der Waals surface area (Å²) in [5, 5.41) is 6.09. The first-order valence-electron chi connectivity index (χ1n) is 3.42. The monoisotopic (exact) mass is 164 g/mol. The Morgan fingerprint density at radius 1 is 1.83 bits per heavy atom. The van der Waals surface area contributed by atoms with E-state index < -0.39 is 0 Å². The van der Waals surface area contributed by atoms with E-state index in [1.165, 1.54) is 6.26 Å². The Kier molecular flexibility index (Phi) is 2.91. The van der Waals surface area contributed by atoms with Crippen LogP contribution in [0.3, 0.4) is 0 Å². The molecule has 0 spiro atoms. The van der Waals surface area contributed by atoms with Crippen molar-refractivity contribution in [2.24, 2.45) is 0 Å². The van der Waals surface area contributed by atoms with Gasteiger partial charge in [0.05, 0.1) is 18.7 Å². The Morgan fingerprint density at radius 3 is 3.25 bits per heavy atom. The number of amides is 1. The highest BCUT2D eigenvalue weighted by Gasteiger charge is 2.03. The van der Waals surface area contributed by atoms with Crippen molar-refractivity contribution in [3.8, 4) is 12.3 Å². The van der Waals surface area contributed by atoms with Gasteiger partial charge in [0.15, 0.2) is 0 Å². The van der Waals surface area contributed by atoms with E-state index in [2.05, 4.69) is 20.9 Å². The second-order valence-corrected chi connectivity index (χ2v) is 2.15. The topological polar surface area (TPSA) is 55.1 Å². The molecule has 0 aliphatic carbocycles. The van der Waals surface area contributed by atoms with Crippen LogP contribution in [0, 0.1) is 12.3 Å². The average Bonchev–Trinajstić information content (AvgIpc) is 2.53. The van der Waals surface area contributed by atoms with Gasteiger partial charge in [0.1, 0.15) is 6.26 Å². The SMILES string of the molecule is C#CCNC(=O)Cc1ccon1. The molecular formula is C8H8N2O2. The van der Waals surface area contributed by atoms with Crippen LogP contribution in [-0.4, -0.2) is 17.6 Å². The van der Waals surface area contributed by atoms with E-state index in [0.717, 1.165) is 0 Å². The molecule has 1 aromatic rings. The average molecular weight is 164 g/mol. The largest absolute Gasteiger partial charge is 0.364 e. The molecule has 4 heteroatoms. The lowest BCUT2D eigenvalue weighted by Crippen LogP contribution is -2.25. The third-order valence-electron chi connectivity index (χ3n) is 1.22. The van der Waals surface area contributed by atoms with Gasteiger partial charge in [-0.3, -0.25) is 4.79 Å². The number of hydrogen-bond acceptors (Lipinski definition) is 3. The standard InChI is InChI=1S/C8H8N2O2/c1-2-4-9-8(11)6-7-3-5-12-10-7/h1,3,5H,4,6H2,(H,9,11). The molecule has 0 aliphatic rings. The highest BCUT2D eigenvalue weighted by atomic mass is 16.5. The van der Waals surface area contributed by atoms with Gasteiger partial charge in [-0.25, -0.2) is 0 Å². The van der Waals surface area contributed by atoms with E-state index in [0.29, 0.717) is 5.69 Å². The van der Waals surface area contributed by atoms with Crippen LogP contribution in [0.5, 0.6) is 0 Å². The van der Waals surface area contributed by atoms with Crippen LogP contribution in [0.25, 0.3) is 0 Å². The Hall–Kier alpha value is -1.76. The van der Waals surface area contributed by atoms with Gasteiger partial charge in [-0.15, -0.1) is 6.42 Å². The predicted octanol–water partition coefficient (Wildman–Crippen LogP) is -0.0335. The summed E-state index contributed by atoms with van der Waals surface area (Å²) in [6, 6.07) is 1.63. The number of nitrogens with zero attached hydrogens (tertiary/aromatic N) is 1. The molecule has 4 nitrogen and oxygen atoms in total. The fourth-order valence-electron chi connectivity index (χ4n) is 0.705. The van der Waals surface area contributed by atoms with Crippen molar-refractivity contribution in [2.75, 3.05) is 6.54 Å². The van der Waals surface area contributed by atoms with Gasteiger partial charge in [0.25, 0.3) is 0 Å². The molecule has 0 bridgehead atoms. The van der Waals surface area contributed by atoms with Crippen LogP contribution in [0.2, 0.25) is 0 Å². The van der Waals surface area contributed by atoms with Crippen molar-refractivity contribution in [2.45, 2.75) is 6.42 Å². The van der Waals surface area contributed by atoms with Crippen molar-refractivity contribution in [1.29, 1.82) is 0 Å².